The second-order valence-electron chi connectivity index (χ2n) is 3.70. The molecule has 1 aliphatic rings. The van der Waals surface area contributed by atoms with Gasteiger partial charge in [-0.15, -0.1) is 0 Å². The van der Waals surface area contributed by atoms with Crippen LogP contribution in [0, 0.1) is 0 Å². The van der Waals surface area contributed by atoms with Gasteiger partial charge in [0.15, 0.2) is 0 Å². The van der Waals surface area contributed by atoms with E-state index in [4.69, 9.17) is 0 Å². The van der Waals surface area contributed by atoms with Crippen molar-refractivity contribution in [2.75, 3.05) is 0 Å². The van der Waals surface area contributed by atoms with Crippen LogP contribution in [0.25, 0.3) is 9.66 Å². The molecule has 0 atom stereocenters. The van der Waals surface area contributed by atoms with Crippen LogP contribution in [-0.4, -0.2) is 0 Å². The van der Waals surface area contributed by atoms with Gasteiger partial charge >= 0.3 is 0 Å². The molecule has 80 valence electrons. The first-order valence-corrected chi connectivity index (χ1v) is 6.33. The van der Waals surface area contributed by atoms with Gasteiger partial charge in [0.25, 0.3) is 0 Å². The molecule has 0 fully saturated rings. The molecule has 1 aromatic rings. The van der Waals surface area contributed by atoms with Gasteiger partial charge in [0, 0.05) is 3.58 Å². The molecular weight excluding hydrogens is 307 g/mol. The second kappa shape index (κ2) is 5.30. The Labute approximate surface area is 110 Å². The van der Waals surface area contributed by atoms with Crippen molar-refractivity contribution < 1.29 is 0 Å². The van der Waals surface area contributed by atoms with E-state index in [1.165, 1.54) is 14.0 Å². The van der Waals surface area contributed by atoms with Crippen molar-refractivity contribution in [3.63, 3.8) is 0 Å². The zero-order valence-corrected chi connectivity index (χ0v) is 11.1. The molecular formula is C15H13I. The summed E-state index contributed by atoms with van der Waals surface area (Å²) in [7, 11) is 0. The fraction of sp³-hybridized carbons (Fsp3) is 0.0667. The first-order chi connectivity index (χ1) is 7.77. The molecule has 0 amide bonds. The Morgan fingerprint density at radius 3 is 2.81 bits per heavy atom. The van der Waals surface area contributed by atoms with E-state index in [0.717, 1.165) is 12.0 Å². The van der Waals surface area contributed by atoms with Crippen molar-refractivity contribution in [2.24, 2.45) is 0 Å². The molecule has 0 saturated heterocycles. The zero-order valence-electron chi connectivity index (χ0n) is 8.99. The molecule has 1 heteroatoms. The van der Waals surface area contributed by atoms with E-state index in [0.29, 0.717) is 0 Å². The molecule has 0 saturated carbocycles. The number of halogens is 1. The summed E-state index contributed by atoms with van der Waals surface area (Å²) in [5.74, 6) is 0. The van der Waals surface area contributed by atoms with Crippen LogP contribution in [0.4, 0.5) is 0 Å². The molecule has 0 nitrogen and oxygen atoms in total. The number of hydrogen-bond acceptors (Lipinski definition) is 0. The minimum absolute atomic E-state index is 0.988. The maximum Gasteiger partial charge on any atom is 0.00221 e. The predicted molar refractivity (Wildman–Crippen MR) is 79.6 cm³/mol. The Hall–Kier alpha value is -1.09. The van der Waals surface area contributed by atoms with Crippen LogP contribution >= 0.6 is 22.6 Å². The van der Waals surface area contributed by atoms with Gasteiger partial charge in [-0.1, -0.05) is 55.1 Å². The van der Waals surface area contributed by atoms with E-state index in [-0.39, 0.29) is 0 Å². The van der Waals surface area contributed by atoms with E-state index >= 15 is 0 Å². The molecule has 2 rings (SSSR count). The third kappa shape index (κ3) is 2.73. The molecule has 1 aromatic carbocycles. The quantitative estimate of drug-likeness (QED) is 0.645. The summed E-state index contributed by atoms with van der Waals surface area (Å²) >= 11 is 2.42. The molecule has 0 aliphatic heterocycles. The van der Waals surface area contributed by atoms with Gasteiger partial charge < -0.3 is 0 Å². The van der Waals surface area contributed by atoms with E-state index in [2.05, 4.69) is 71.7 Å². The summed E-state index contributed by atoms with van der Waals surface area (Å²) < 4.78 is 1.36. The first-order valence-electron chi connectivity index (χ1n) is 5.25. The van der Waals surface area contributed by atoms with Crippen molar-refractivity contribution in [3.8, 4) is 0 Å². The number of allylic oxidation sites excluding steroid dienone is 5. The average molecular weight is 320 g/mol. The lowest BCUT2D eigenvalue weighted by Gasteiger charge is -1.98. The fourth-order valence-corrected chi connectivity index (χ4v) is 2.40. The number of rotatable bonds is 0. The lowest BCUT2D eigenvalue weighted by atomic mass is 10.1. The highest BCUT2D eigenvalue weighted by molar-refractivity contribution is 14.1. The average Bonchev–Trinajstić information content (AvgIpc) is 2.28. The van der Waals surface area contributed by atoms with Crippen LogP contribution in [0.3, 0.4) is 0 Å². The first kappa shape index (κ1) is 11.4. The fourth-order valence-electron chi connectivity index (χ4n) is 1.66. The lowest BCUT2D eigenvalue weighted by molar-refractivity contribution is 1.41. The Morgan fingerprint density at radius 2 is 1.94 bits per heavy atom. The standard InChI is InChI=1S/C15H13I/c1-12-7-3-2-4-10-15(16)14-9-6-5-8-13(14)11-12/h2-9,11H,1,10H2/b4-2-,7-3-,13-11-,15-14+. The second-order valence-corrected chi connectivity index (χ2v) is 5.00. The van der Waals surface area contributed by atoms with Crippen LogP contribution < -0.4 is 10.4 Å². The van der Waals surface area contributed by atoms with E-state index in [9.17, 15) is 0 Å². The van der Waals surface area contributed by atoms with Gasteiger partial charge in [0.2, 0.25) is 0 Å². The Balaban J connectivity index is 2.75. The number of benzene rings is 1. The van der Waals surface area contributed by atoms with Gasteiger partial charge in [0.1, 0.15) is 0 Å². The summed E-state index contributed by atoms with van der Waals surface area (Å²) in [6, 6.07) is 8.45. The normalized spacial score (nSPS) is 25.1. The molecule has 0 heterocycles. The van der Waals surface area contributed by atoms with Crippen LogP contribution in [0.5, 0.6) is 0 Å². The largest absolute Gasteiger partial charge is 0.0917 e. The van der Waals surface area contributed by atoms with Crippen LogP contribution in [0.15, 0.2) is 60.7 Å². The van der Waals surface area contributed by atoms with Crippen LogP contribution in [0.2, 0.25) is 0 Å². The maximum atomic E-state index is 4.02. The van der Waals surface area contributed by atoms with E-state index < -0.39 is 0 Å². The number of hydrogen-bond donors (Lipinski definition) is 0. The smallest absolute Gasteiger partial charge is 0.00221 e. The van der Waals surface area contributed by atoms with E-state index in [1.807, 2.05) is 12.2 Å². The molecule has 0 radical (unpaired) electrons. The lowest BCUT2D eigenvalue weighted by Crippen LogP contribution is -2.25. The van der Waals surface area contributed by atoms with Crippen molar-refractivity contribution in [3.05, 3.63) is 71.2 Å². The SMILES string of the molecule is C=C1/C=C\C=C/C/C(I)=c2/cccc/c2=C/1. The highest BCUT2D eigenvalue weighted by atomic mass is 127. The van der Waals surface area contributed by atoms with Crippen molar-refractivity contribution in [2.45, 2.75) is 6.42 Å². The third-order valence-corrected chi connectivity index (χ3v) is 3.47. The molecule has 1 aliphatic carbocycles. The van der Waals surface area contributed by atoms with Gasteiger partial charge in [-0.05, 0) is 51.1 Å². The summed E-state index contributed by atoms with van der Waals surface area (Å²) in [6.07, 6.45) is 11.4. The molecule has 16 heavy (non-hydrogen) atoms. The topological polar surface area (TPSA) is 0 Å². The van der Waals surface area contributed by atoms with Gasteiger partial charge in [-0.2, -0.15) is 0 Å². The van der Waals surface area contributed by atoms with Crippen molar-refractivity contribution >= 4 is 32.2 Å². The maximum absolute atomic E-state index is 4.02. The minimum Gasteiger partial charge on any atom is -0.0917 e. The molecule has 0 unspecified atom stereocenters. The monoisotopic (exact) mass is 320 g/mol. The van der Waals surface area contributed by atoms with Gasteiger partial charge in [-0.25, -0.2) is 0 Å². The summed E-state index contributed by atoms with van der Waals surface area (Å²) in [5, 5.41) is 2.56. The predicted octanol–water partition coefficient (Wildman–Crippen LogP) is 3.08. The van der Waals surface area contributed by atoms with Crippen molar-refractivity contribution in [1.29, 1.82) is 0 Å². The highest BCUT2D eigenvalue weighted by Gasteiger charge is 1.94. The molecule has 0 N–H and O–H groups in total. The summed E-state index contributed by atoms with van der Waals surface area (Å²) in [6.45, 7) is 4.02. The highest BCUT2D eigenvalue weighted by Crippen LogP contribution is 2.11. The summed E-state index contributed by atoms with van der Waals surface area (Å²) in [4.78, 5) is 0. The van der Waals surface area contributed by atoms with Gasteiger partial charge in [0.05, 0.1) is 0 Å². The van der Waals surface area contributed by atoms with Crippen LogP contribution in [0.1, 0.15) is 6.42 Å². The van der Waals surface area contributed by atoms with E-state index in [1.54, 1.807) is 0 Å². The zero-order chi connectivity index (χ0) is 11.4. The Morgan fingerprint density at radius 1 is 1.12 bits per heavy atom. The molecule has 0 aromatic heterocycles. The number of fused-ring (bicyclic) bond motifs is 1. The Bertz CT molecular complexity index is 574. The molecule has 0 spiro atoms. The van der Waals surface area contributed by atoms with Gasteiger partial charge in [-0.3, -0.25) is 0 Å². The van der Waals surface area contributed by atoms with Crippen LogP contribution in [-0.2, 0) is 0 Å². The summed E-state index contributed by atoms with van der Waals surface area (Å²) in [5.41, 5.74) is 1.03. The minimum atomic E-state index is 0.988. The Kier molecular flexibility index (Phi) is 3.78. The third-order valence-electron chi connectivity index (χ3n) is 2.45. The van der Waals surface area contributed by atoms with Crippen molar-refractivity contribution in [1.82, 2.24) is 0 Å². The molecule has 0 bridgehead atoms.